The molecule has 0 aromatic carbocycles. The Balaban J connectivity index is 0. The molecule has 0 radical (unpaired) electrons. The van der Waals surface area contributed by atoms with Crippen LogP contribution in [0.25, 0.3) is 0 Å². The van der Waals surface area contributed by atoms with Crippen molar-refractivity contribution in [3.8, 4) is 0 Å². The van der Waals surface area contributed by atoms with Crippen molar-refractivity contribution in [3.63, 3.8) is 0 Å². The van der Waals surface area contributed by atoms with Gasteiger partial charge in [0.2, 0.25) is 0 Å². The van der Waals surface area contributed by atoms with Gasteiger partial charge in [-0.25, -0.2) is 0 Å². The minimum absolute atomic E-state index is 0. The second kappa shape index (κ2) is 59.1. The van der Waals surface area contributed by atoms with E-state index in [1.807, 2.05) is 0 Å². The molecule has 0 aromatic heterocycles. The third kappa shape index (κ3) is 35.6. The van der Waals surface area contributed by atoms with Crippen molar-refractivity contribution in [2.45, 2.75) is 0 Å². The SMILES string of the molecule is [BH4-].[BH4-].[BH4-].[BH4-].[In+3].[Na+]. The molecular formula is H16B4InNa. The topological polar surface area (TPSA) is 0 Å². The van der Waals surface area contributed by atoms with Crippen LogP contribution in [0.1, 0.15) is 0 Å². The smallest absolute Gasteiger partial charge is 0.0626 e. The Morgan fingerprint density at radius 2 is 0.500 bits per heavy atom. The predicted molar refractivity (Wildman–Crippen MR) is 51.1 cm³/mol. The first-order valence-corrected chi connectivity index (χ1v) is 0. The van der Waals surface area contributed by atoms with Gasteiger partial charge in [-0.2, -0.15) is 0 Å². The van der Waals surface area contributed by atoms with Crippen molar-refractivity contribution in [1.82, 2.24) is 0 Å². The summed E-state index contributed by atoms with van der Waals surface area (Å²) in [5.41, 5.74) is 0. The predicted octanol–water partition coefficient (Wildman–Crippen LogP) is -9.18. The van der Waals surface area contributed by atoms with Crippen molar-refractivity contribution in [2.24, 2.45) is 0 Å². The molecule has 0 fully saturated rings. The maximum Gasteiger partial charge on any atom is 3.00 e. The molecular weight excluding hydrogens is 181 g/mol. The van der Waals surface area contributed by atoms with Crippen molar-refractivity contribution in [2.75, 3.05) is 0 Å². The molecule has 0 aliphatic carbocycles. The second-order valence-electron chi connectivity index (χ2n) is 0. The summed E-state index contributed by atoms with van der Waals surface area (Å²) in [7, 11) is 0. The van der Waals surface area contributed by atoms with Gasteiger partial charge < -0.3 is 0 Å². The summed E-state index contributed by atoms with van der Waals surface area (Å²) in [6.07, 6.45) is 0. The molecule has 0 saturated heterocycles. The van der Waals surface area contributed by atoms with E-state index in [2.05, 4.69) is 0 Å². The number of hydrogen-bond acceptors (Lipinski definition) is 0. The Hall–Kier alpha value is 2.13. The number of rotatable bonds is 0. The van der Waals surface area contributed by atoms with Gasteiger partial charge in [0.25, 0.3) is 0 Å². The van der Waals surface area contributed by atoms with Gasteiger partial charge in [-0.3, -0.25) is 0 Å². The monoisotopic (exact) mass is 198 g/mol. The van der Waals surface area contributed by atoms with E-state index in [9.17, 15) is 0 Å². The Morgan fingerprint density at radius 3 is 0.500 bits per heavy atom. The van der Waals surface area contributed by atoms with Crippen LogP contribution in [0.2, 0.25) is 0 Å². The molecule has 0 aromatic rings. The molecule has 0 unspecified atom stereocenters. The van der Waals surface area contributed by atoms with E-state index in [4.69, 9.17) is 0 Å². The fourth-order valence-corrected chi connectivity index (χ4v) is 0. The van der Waals surface area contributed by atoms with Gasteiger partial charge in [0.15, 0.2) is 0 Å². The maximum atomic E-state index is 0. The maximum absolute atomic E-state index is 0. The Labute approximate surface area is 88.0 Å². The fraction of sp³-hybridized carbons (Fsp3) is 0. The number of hydrogen-bond donors (Lipinski definition) is 0. The van der Waals surface area contributed by atoms with Gasteiger partial charge in [-0.05, 0) is 0 Å². The minimum Gasteiger partial charge on any atom is -0.0626 e. The molecule has 0 spiro atoms. The Kier molecular flexibility index (Phi) is 897. The van der Waals surface area contributed by atoms with E-state index < -0.39 is 0 Å². The van der Waals surface area contributed by atoms with Crippen molar-refractivity contribution in [3.05, 3.63) is 0 Å². The van der Waals surface area contributed by atoms with Crippen LogP contribution in [0.4, 0.5) is 0 Å². The third-order valence-corrected chi connectivity index (χ3v) is 0. The average Bonchev–Trinajstić information content (AvgIpc) is 0. The Bertz CT molecular complexity index is 7.51. The van der Waals surface area contributed by atoms with E-state index in [1.54, 1.807) is 0 Å². The van der Waals surface area contributed by atoms with Crippen LogP contribution in [-0.2, 0) is 0 Å². The normalized spacial score (nSPS) is 0. The van der Waals surface area contributed by atoms with Crippen molar-refractivity contribution in [1.29, 1.82) is 0 Å². The first-order valence-electron chi connectivity index (χ1n) is 0. The van der Waals surface area contributed by atoms with Crippen molar-refractivity contribution >= 4 is 59.5 Å². The Morgan fingerprint density at radius 1 is 0.500 bits per heavy atom. The van der Waals surface area contributed by atoms with Gasteiger partial charge >= 0.3 is 55.4 Å². The molecule has 0 bridgehead atoms. The van der Waals surface area contributed by atoms with Crippen LogP contribution < -0.4 is 29.6 Å². The summed E-state index contributed by atoms with van der Waals surface area (Å²) in [6, 6.07) is 0. The van der Waals surface area contributed by atoms with E-state index in [1.165, 1.54) is 0 Å². The summed E-state index contributed by atoms with van der Waals surface area (Å²) in [4.78, 5) is 0. The molecule has 32 valence electrons. The first kappa shape index (κ1) is 91.1. The molecule has 0 saturated carbocycles. The standard InChI is InChI=1S/4BH4.In.Na/h4*1H4;;/q4*-1;+3;+1. The van der Waals surface area contributed by atoms with Crippen LogP contribution in [0.15, 0.2) is 0 Å². The largest absolute Gasteiger partial charge is 3.00 e. The summed E-state index contributed by atoms with van der Waals surface area (Å²) in [6.45, 7) is 0. The van der Waals surface area contributed by atoms with Gasteiger partial charge in [-0.1, -0.05) is 33.7 Å². The van der Waals surface area contributed by atoms with Crippen LogP contribution in [0.5, 0.6) is 0 Å². The van der Waals surface area contributed by atoms with Crippen LogP contribution >= 0.6 is 0 Å². The fourth-order valence-electron chi connectivity index (χ4n) is 0. The molecule has 0 N–H and O–H groups in total. The molecule has 6 heavy (non-hydrogen) atoms. The van der Waals surface area contributed by atoms with Crippen LogP contribution in [0.3, 0.4) is 0 Å². The summed E-state index contributed by atoms with van der Waals surface area (Å²) in [5, 5.41) is 0. The van der Waals surface area contributed by atoms with Gasteiger partial charge in [0, 0.05) is 0 Å². The molecule has 6 heteroatoms. The van der Waals surface area contributed by atoms with E-state index in [-0.39, 0.29) is 89.1 Å². The van der Waals surface area contributed by atoms with E-state index in [0.29, 0.717) is 0 Å². The second-order valence-corrected chi connectivity index (χ2v) is 0. The molecule has 0 heterocycles. The molecule has 0 nitrogen and oxygen atoms in total. The minimum atomic E-state index is 0. The average molecular weight is 197 g/mol. The molecule has 0 aliphatic rings. The summed E-state index contributed by atoms with van der Waals surface area (Å²) < 4.78 is 0. The quantitative estimate of drug-likeness (QED) is 0.338. The summed E-state index contributed by atoms with van der Waals surface area (Å²) in [5.74, 6) is 0. The molecule has 0 atom stereocenters. The third-order valence-electron chi connectivity index (χ3n) is 0. The summed E-state index contributed by atoms with van der Waals surface area (Å²) >= 11 is 0. The van der Waals surface area contributed by atoms with Crippen molar-refractivity contribution < 1.29 is 29.6 Å². The zero-order chi connectivity index (χ0) is 0. The van der Waals surface area contributed by atoms with Gasteiger partial charge in [-0.15, -0.1) is 0 Å². The van der Waals surface area contributed by atoms with Crippen LogP contribution in [-0.4, -0.2) is 59.5 Å². The van der Waals surface area contributed by atoms with E-state index in [0.717, 1.165) is 0 Å². The van der Waals surface area contributed by atoms with Gasteiger partial charge in [0.1, 0.15) is 0 Å². The molecule has 0 amide bonds. The zero-order valence-electron chi connectivity index (χ0n) is 1.58. The zero-order valence-corrected chi connectivity index (χ0v) is 6.87. The van der Waals surface area contributed by atoms with Gasteiger partial charge in [0.05, 0.1) is 0 Å². The first-order chi connectivity index (χ1) is 0. The molecule has 0 rings (SSSR count). The molecule has 0 aliphatic heterocycles. The van der Waals surface area contributed by atoms with E-state index >= 15 is 0 Å². The van der Waals surface area contributed by atoms with Crippen LogP contribution in [0, 0.1) is 0 Å².